The van der Waals surface area contributed by atoms with Gasteiger partial charge in [0, 0.05) is 7.11 Å². The number of phenols is 1. The molecule has 1 aromatic carbocycles. The van der Waals surface area contributed by atoms with E-state index in [0.717, 1.165) is 5.56 Å². The summed E-state index contributed by atoms with van der Waals surface area (Å²) in [5.41, 5.74) is 0.888. The van der Waals surface area contributed by atoms with Crippen molar-refractivity contribution in [2.24, 2.45) is 0 Å². The molecule has 0 aromatic heterocycles. The van der Waals surface area contributed by atoms with Crippen molar-refractivity contribution in [2.75, 3.05) is 21.3 Å². The van der Waals surface area contributed by atoms with Gasteiger partial charge in [-0.2, -0.15) is 0 Å². The van der Waals surface area contributed by atoms with Crippen LogP contribution < -0.4 is 9.47 Å². The summed E-state index contributed by atoms with van der Waals surface area (Å²) in [4.78, 5) is 0. The normalized spacial score (nSPS) is 9.93. The maximum absolute atomic E-state index is 9.59. The van der Waals surface area contributed by atoms with Gasteiger partial charge in [-0.3, -0.25) is 0 Å². The van der Waals surface area contributed by atoms with E-state index in [0.29, 0.717) is 18.1 Å². The zero-order chi connectivity index (χ0) is 10.6. The minimum absolute atomic E-state index is 0.00912. The maximum Gasteiger partial charge on any atom is 0.200 e. The summed E-state index contributed by atoms with van der Waals surface area (Å²) in [5, 5.41) is 9.59. The lowest BCUT2D eigenvalue weighted by Crippen LogP contribution is -1.93. The largest absolute Gasteiger partial charge is 0.502 e. The zero-order valence-electron chi connectivity index (χ0n) is 8.53. The van der Waals surface area contributed by atoms with Crippen LogP contribution in [-0.2, 0) is 11.3 Å². The average Bonchev–Trinajstić information content (AvgIpc) is 2.20. The number of rotatable bonds is 4. The topological polar surface area (TPSA) is 47.9 Å². The second-order valence-electron chi connectivity index (χ2n) is 2.78. The molecular formula is C10H14O4. The quantitative estimate of drug-likeness (QED) is 0.797. The Morgan fingerprint density at radius 2 is 1.57 bits per heavy atom. The van der Waals surface area contributed by atoms with E-state index in [2.05, 4.69) is 0 Å². The highest BCUT2D eigenvalue weighted by Crippen LogP contribution is 2.37. The predicted molar refractivity (Wildman–Crippen MR) is 51.9 cm³/mol. The molecule has 4 nitrogen and oxygen atoms in total. The van der Waals surface area contributed by atoms with Crippen molar-refractivity contribution in [3.63, 3.8) is 0 Å². The van der Waals surface area contributed by atoms with Crippen LogP contribution in [0.4, 0.5) is 0 Å². The SMILES string of the molecule is COCc1cc(OC)c(O)c(OC)c1. The molecule has 1 aromatic rings. The molecule has 0 saturated heterocycles. The highest BCUT2D eigenvalue weighted by atomic mass is 16.5. The van der Waals surface area contributed by atoms with E-state index >= 15 is 0 Å². The average molecular weight is 198 g/mol. The van der Waals surface area contributed by atoms with Gasteiger partial charge in [0.15, 0.2) is 11.5 Å². The van der Waals surface area contributed by atoms with Gasteiger partial charge in [-0.05, 0) is 17.7 Å². The third-order valence-electron chi connectivity index (χ3n) is 1.85. The van der Waals surface area contributed by atoms with Crippen LogP contribution in [0.1, 0.15) is 5.56 Å². The summed E-state index contributed by atoms with van der Waals surface area (Å²) in [6.07, 6.45) is 0. The lowest BCUT2D eigenvalue weighted by molar-refractivity contribution is 0.184. The van der Waals surface area contributed by atoms with Crippen LogP contribution in [0.15, 0.2) is 12.1 Å². The summed E-state index contributed by atoms with van der Waals surface area (Å²) >= 11 is 0. The summed E-state index contributed by atoms with van der Waals surface area (Å²) in [6, 6.07) is 3.42. The van der Waals surface area contributed by atoms with Crippen LogP contribution >= 0.6 is 0 Å². The summed E-state index contributed by atoms with van der Waals surface area (Å²) < 4.78 is 15.0. The van der Waals surface area contributed by atoms with Gasteiger partial charge < -0.3 is 19.3 Å². The second-order valence-corrected chi connectivity index (χ2v) is 2.78. The Labute approximate surface area is 83.0 Å². The first-order chi connectivity index (χ1) is 6.72. The van der Waals surface area contributed by atoms with Gasteiger partial charge in [0.25, 0.3) is 0 Å². The van der Waals surface area contributed by atoms with E-state index < -0.39 is 0 Å². The third kappa shape index (κ3) is 2.09. The number of phenolic OH excluding ortho intramolecular Hbond substituents is 1. The van der Waals surface area contributed by atoms with Crippen LogP contribution in [0.3, 0.4) is 0 Å². The molecule has 0 fully saturated rings. The highest BCUT2D eigenvalue weighted by molar-refractivity contribution is 5.52. The number of benzene rings is 1. The maximum atomic E-state index is 9.59. The van der Waals surface area contributed by atoms with Crippen molar-refractivity contribution in [3.8, 4) is 17.2 Å². The van der Waals surface area contributed by atoms with E-state index in [1.807, 2.05) is 0 Å². The molecular weight excluding hydrogens is 184 g/mol. The summed E-state index contributed by atoms with van der Waals surface area (Å²) in [6.45, 7) is 0.451. The van der Waals surface area contributed by atoms with Crippen LogP contribution in [0.25, 0.3) is 0 Å². The zero-order valence-corrected chi connectivity index (χ0v) is 8.53. The summed E-state index contributed by atoms with van der Waals surface area (Å²) in [7, 11) is 4.59. The molecule has 78 valence electrons. The molecule has 0 amide bonds. The van der Waals surface area contributed by atoms with Crippen molar-refractivity contribution in [2.45, 2.75) is 6.61 Å². The monoisotopic (exact) mass is 198 g/mol. The third-order valence-corrected chi connectivity index (χ3v) is 1.85. The van der Waals surface area contributed by atoms with Gasteiger partial charge in [-0.1, -0.05) is 0 Å². The van der Waals surface area contributed by atoms with Gasteiger partial charge in [0.05, 0.1) is 20.8 Å². The number of hydrogen-bond acceptors (Lipinski definition) is 4. The lowest BCUT2D eigenvalue weighted by Gasteiger charge is -2.10. The minimum Gasteiger partial charge on any atom is -0.502 e. The number of aromatic hydroxyl groups is 1. The molecule has 0 atom stereocenters. The van der Waals surface area contributed by atoms with E-state index in [1.54, 1.807) is 19.2 Å². The number of hydrogen-bond donors (Lipinski definition) is 1. The van der Waals surface area contributed by atoms with E-state index in [4.69, 9.17) is 14.2 Å². The van der Waals surface area contributed by atoms with Gasteiger partial charge in [-0.25, -0.2) is 0 Å². The lowest BCUT2D eigenvalue weighted by atomic mass is 10.2. The first kappa shape index (κ1) is 10.7. The van der Waals surface area contributed by atoms with Gasteiger partial charge >= 0.3 is 0 Å². The molecule has 0 aliphatic heterocycles. The highest BCUT2D eigenvalue weighted by Gasteiger charge is 2.10. The minimum atomic E-state index is 0.00912. The first-order valence-corrected chi connectivity index (χ1v) is 4.15. The smallest absolute Gasteiger partial charge is 0.200 e. The van der Waals surface area contributed by atoms with E-state index in [-0.39, 0.29) is 5.75 Å². The van der Waals surface area contributed by atoms with Crippen LogP contribution in [-0.4, -0.2) is 26.4 Å². The van der Waals surface area contributed by atoms with Crippen LogP contribution in [0, 0.1) is 0 Å². The second kappa shape index (κ2) is 4.72. The molecule has 0 spiro atoms. The Kier molecular flexibility index (Phi) is 3.59. The number of methoxy groups -OCH3 is 3. The molecule has 0 unspecified atom stereocenters. The van der Waals surface area contributed by atoms with E-state index in [9.17, 15) is 5.11 Å². The molecule has 1 N–H and O–H groups in total. The molecule has 1 rings (SSSR count). The molecule has 0 heterocycles. The Bertz CT molecular complexity index is 284. The Morgan fingerprint density at radius 3 is 1.93 bits per heavy atom. The Morgan fingerprint density at radius 1 is 1.07 bits per heavy atom. The fraction of sp³-hybridized carbons (Fsp3) is 0.400. The van der Waals surface area contributed by atoms with Crippen LogP contribution in [0.2, 0.25) is 0 Å². The standard InChI is InChI=1S/C10H14O4/c1-12-6-7-4-8(13-2)10(11)9(5-7)14-3/h4-5,11H,6H2,1-3H3. The fourth-order valence-corrected chi connectivity index (χ4v) is 1.20. The van der Waals surface area contributed by atoms with Crippen molar-refractivity contribution < 1.29 is 19.3 Å². The van der Waals surface area contributed by atoms with Gasteiger partial charge in [-0.15, -0.1) is 0 Å². The van der Waals surface area contributed by atoms with E-state index in [1.165, 1.54) is 14.2 Å². The first-order valence-electron chi connectivity index (χ1n) is 4.15. The van der Waals surface area contributed by atoms with Gasteiger partial charge in [0.2, 0.25) is 5.75 Å². The molecule has 0 aliphatic carbocycles. The van der Waals surface area contributed by atoms with Crippen molar-refractivity contribution in [1.29, 1.82) is 0 Å². The number of ether oxygens (including phenoxy) is 3. The van der Waals surface area contributed by atoms with Crippen molar-refractivity contribution >= 4 is 0 Å². The molecule has 0 radical (unpaired) electrons. The predicted octanol–water partition coefficient (Wildman–Crippen LogP) is 1.56. The van der Waals surface area contributed by atoms with Crippen LogP contribution in [0.5, 0.6) is 17.2 Å². The van der Waals surface area contributed by atoms with Crippen molar-refractivity contribution in [3.05, 3.63) is 17.7 Å². The Balaban J connectivity index is 3.11. The Hall–Kier alpha value is -1.42. The molecule has 14 heavy (non-hydrogen) atoms. The molecule has 0 bridgehead atoms. The fourth-order valence-electron chi connectivity index (χ4n) is 1.20. The molecule has 4 heteroatoms. The van der Waals surface area contributed by atoms with Crippen molar-refractivity contribution in [1.82, 2.24) is 0 Å². The molecule has 0 saturated carbocycles. The molecule has 0 aliphatic rings. The summed E-state index contributed by atoms with van der Waals surface area (Å²) in [5.74, 6) is 0.780. The van der Waals surface area contributed by atoms with Gasteiger partial charge in [0.1, 0.15) is 0 Å².